The van der Waals surface area contributed by atoms with E-state index in [1.165, 1.54) is 10.9 Å². The highest BCUT2D eigenvalue weighted by Crippen LogP contribution is 2.25. The van der Waals surface area contributed by atoms with Gasteiger partial charge in [0.05, 0.1) is 27.3 Å². The van der Waals surface area contributed by atoms with E-state index in [1.54, 1.807) is 12.1 Å². The molecule has 4 nitrogen and oxygen atoms in total. The Balaban J connectivity index is 2.50. The summed E-state index contributed by atoms with van der Waals surface area (Å²) in [6, 6.07) is 3.21. The lowest BCUT2D eigenvalue weighted by molar-refractivity contribution is 0.281. The third-order valence-electron chi connectivity index (χ3n) is 2.69. The van der Waals surface area contributed by atoms with Gasteiger partial charge in [-0.15, -0.1) is 0 Å². The number of aliphatic hydroxyl groups is 1. The van der Waals surface area contributed by atoms with Crippen LogP contribution in [-0.4, -0.2) is 21.3 Å². The SMILES string of the molecule is O=c1c2c(Cl)ccc(Cl)c2ncn1CCCCO. The van der Waals surface area contributed by atoms with Crippen LogP contribution in [0.3, 0.4) is 0 Å². The molecule has 2 aromatic rings. The average molecular weight is 287 g/mol. The van der Waals surface area contributed by atoms with Crippen LogP contribution >= 0.6 is 23.2 Å². The van der Waals surface area contributed by atoms with Gasteiger partial charge >= 0.3 is 0 Å². The van der Waals surface area contributed by atoms with Gasteiger partial charge < -0.3 is 5.11 Å². The molecule has 96 valence electrons. The standard InChI is InChI=1S/C12H12Cl2N2O2/c13-8-3-4-9(14)11-10(8)12(18)16(7-15-11)5-1-2-6-17/h3-4,7,17H,1-2,5-6H2. The quantitative estimate of drug-likeness (QED) is 0.879. The Bertz CT molecular complexity index is 625. The molecule has 0 radical (unpaired) electrons. The van der Waals surface area contributed by atoms with Crippen molar-refractivity contribution in [2.24, 2.45) is 0 Å². The molecule has 0 saturated carbocycles. The van der Waals surface area contributed by atoms with Crippen LogP contribution in [0.4, 0.5) is 0 Å². The maximum atomic E-state index is 12.2. The van der Waals surface area contributed by atoms with Gasteiger partial charge in [-0.3, -0.25) is 9.36 Å². The second-order valence-corrected chi connectivity index (χ2v) is 4.74. The number of aromatic nitrogens is 2. The number of rotatable bonds is 4. The lowest BCUT2D eigenvalue weighted by Crippen LogP contribution is -2.21. The van der Waals surface area contributed by atoms with Gasteiger partial charge in [0.1, 0.15) is 0 Å². The molecule has 0 aliphatic rings. The summed E-state index contributed by atoms with van der Waals surface area (Å²) >= 11 is 12.0. The Labute approximate surface area is 114 Å². The molecule has 0 unspecified atom stereocenters. The Morgan fingerprint density at radius 3 is 2.67 bits per heavy atom. The van der Waals surface area contributed by atoms with Gasteiger partial charge in [-0.1, -0.05) is 23.2 Å². The lowest BCUT2D eigenvalue weighted by Gasteiger charge is -2.07. The lowest BCUT2D eigenvalue weighted by atomic mass is 10.2. The van der Waals surface area contributed by atoms with Crippen molar-refractivity contribution in [3.05, 3.63) is 38.9 Å². The van der Waals surface area contributed by atoms with Crippen LogP contribution in [0.15, 0.2) is 23.3 Å². The summed E-state index contributed by atoms with van der Waals surface area (Å²) in [5.41, 5.74) is 0.220. The smallest absolute Gasteiger partial charge is 0.262 e. The largest absolute Gasteiger partial charge is 0.396 e. The van der Waals surface area contributed by atoms with Crippen LogP contribution < -0.4 is 5.56 Å². The van der Waals surface area contributed by atoms with Crippen molar-refractivity contribution in [3.8, 4) is 0 Å². The van der Waals surface area contributed by atoms with Crippen molar-refractivity contribution >= 4 is 34.1 Å². The van der Waals surface area contributed by atoms with Gasteiger partial charge in [0.25, 0.3) is 5.56 Å². The second kappa shape index (κ2) is 5.69. The first-order valence-corrected chi connectivity index (χ1v) is 6.34. The number of halogens is 2. The van der Waals surface area contributed by atoms with Gasteiger partial charge in [0, 0.05) is 13.2 Å². The van der Waals surface area contributed by atoms with Gasteiger partial charge in [0.2, 0.25) is 0 Å². The summed E-state index contributed by atoms with van der Waals surface area (Å²) in [7, 11) is 0. The van der Waals surface area contributed by atoms with Crippen LogP contribution in [0.5, 0.6) is 0 Å². The van der Waals surface area contributed by atoms with Crippen LogP contribution in [0.25, 0.3) is 10.9 Å². The zero-order valence-corrected chi connectivity index (χ0v) is 11.1. The number of nitrogens with zero attached hydrogens (tertiary/aromatic N) is 2. The molecule has 0 spiro atoms. The van der Waals surface area contributed by atoms with Gasteiger partial charge in [0.15, 0.2) is 0 Å². The highest BCUT2D eigenvalue weighted by molar-refractivity contribution is 6.39. The molecular weight excluding hydrogens is 275 g/mol. The minimum absolute atomic E-state index is 0.113. The van der Waals surface area contributed by atoms with E-state index in [4.69, 9.17) is 28.3 Å². The predicted octanol–water partition coefficient (Wildman–Crippen LogP) is 2.48. The first-order valence-electron chi connectivity index (χ1n) is 5.59. The van der Waals surface area contributed by atoms with Crippen molar-refractivity contribution in [2.45, 2.75) is 19.4 Å². The maximum absolute atomic E-state index is 12.2. The van der Waals surface area contributed by atoms with Crippen molar-refractivity contribution in [3.63, 3.8) is 0 Å². The van der Waals surface area contributed by atoms with Crippen molar-refractivity contribution in [1.82, 2.24) is 9.55 Å². The normalized spacial score (nSPS) is 11.1. The number of hydrogen-bond donors (Lipinski definition) is 1. The van der Waals surface area contributed by atoms with Gasteiger partial charge in [-0.25, -0.2) is 4.98 Å². The molecule has 0 saturated heterocycles. The van der Waals surface area contributed by atoms with E-state index in [9.17, 15) is 4.79 Å². The Morgan fingerprint density at radius 1 is 1.22 bits per heavy atom. The van der Waals surface area contributed by atoms with E-state index in [2.05, 4.69) is 4.98 Å². The third-order valence-corrected chi connectivity index (χ3v) is 3.31. The highest BCUT2D eigenvalue weighted by atomic mass is 35.5. The molecule has 0 bridgehead atoms. The monoisotopic (exact) mass is 286 g/mol. The average Bonchev–Trinajstić information content (AvgIpc) is 2.36. The summed E-state index contributed by atoms with van der Waals surface area (Å²) < 4.78 is 1.49. The third kappa shape index (κ3) is 2.51. The minimum atomic E-state index is -0.203. The summed E-state index contributed by atoms with van der Waals surface area (Å²) in [4.78, 5) is 16.4. The van der Waals surface area contributed by atoms with E-state index >= 15 is 0 Å². The van der Waals surface area contributed by atoms with Crippen LogP contribution in [0.2, 0.25) is 10.0 Å². The first-order chi connectivity index (χ1) is 8.65. The number of aliphatic hydroxyl groups excluding tert-OH is 1. The molecule has 6 heteroatoms. The minimum Gasteiger partial charge on any atom is -0.396 e. The zero-order chi connectivity index (χ0) is 13.1. The number of hydrogen-bond acceptors (Lipinski definition) is 3. The Kier molecular flexibility index (Phi) is 4.22. The molecule has 1 N–H and O–H groups in total. The van der Waals surface area contributed by atoms with Crippen molar-refractivity contribution < 1.29 is 5.11 Å². The predicted molar refractivity (Wildman–Crippen MR) is 72.3 cm³/mol. The molecule has 1 aromatic heterocycles. The fraction of sp³-hybridized carbons (Fsp3) is 0.333. The molecule has 2 rings (SSSR count). The summed E-state index contributed by atoms with van der Waals surface area (Å²) in [6.07, 6.45) is 2.82. The van der Waals surface area contributed by atoms with E-state index in [-0.39, 0.29) is 12.2 Å². The fourth-order valence-corrected chi connectivity index (χ4v) is 2.19. The molecule has 1 heterocycles. The molecule has 0 amide bonds. The maximum Gasteiger partial charge on any atom is 0.262 e. The fourth-order valence-electron chi connectivity index (χ4n) is 1.75. The van der Waals surface area contributed by atoms with E-state index in [1.807, 2.05) is 0 Å². The van der Waals surface area contributed by atoms with Gasteiger partial charge in [-0.05, 0) is 25.0 Å². The highest BCUT2D eigenvalue weighted by Gasteiger charge is 2.10. The summed E-state index contributed by atoms with van der Waals surface area (Å²) in [5, 5.41) is 9.83. The van der Waals surface area contributed by atoms with E-state index < -0.39 is 0 Å². The molecule has 0 fully saturated rings. The Morgan fingerprint density at radius 2 is 1.94 bits per heavy atom. The number of fused-ring (bicyclic) bond motifs is 1. The van der Waals surface area contributed by atoms with E-state index in [0.717, 1.165) is 0 Å². The van der Waals surface area contributed by atoms with Crippen LogP contribution in [-0.2, 0) is 6.54 Å². The van der Waals surface area contributed by atoms with E-state index in [0.29, 0.717) is 40.3 Å². The molecule has 0 atom stereocenters. The summed E-state index contributed by atoms with van der Waals surface area (Å²) in [5.74, 6) is 0. The molecule has 0 aliphatic heterocycles. The zero-order valence-electron chi connectivity index (χ0n) is 9.57. The number of benzene rings is 1. The topological polar surface area (TPSA) is 55.1 Å². The Hall–Kier alpha value is -1.10. The van der Waals surface area contributed by atoms with Crippen LogP contribution in [0, 0.1) is 0 Å². The van der Waals surface area contributed by atoms with Gasteiger partial charge in [-0.2, -0.15) is 0 Å². The first kappa shape index (κ1) is 13.3. The van der Waals surface area contributed by atoms with Crippen molar-refractivity contribution in [2.75, 3.05) is 6.61 Å². The molecule has 1 aromatic carbocycles. The van der Waals surface area contributed by atoms with Crippen molar-refractivity contribution in [1.29, 1.82) is 0 Å². The molecule has 0 aliphatic carbocycles. The molecule has 18 heavy (non-hydrogen) atoms. The molecular formula is C12H12Cl2N2O2. The summed E-state index contributed by atoms with van der Waals surface area (Å²) in [6.45, 7) is 0.619. The van der Waals surface area contributed by atoms with Crippen LogP contribution in [0.1, 0.15) is 12.8 Å². The number of aryl methyl sites for hydroxylation is 1. The number of unbranched alkanes of at least 4 members (excludes halogenated alkanes) is 1. The second-order valence-electron chi connectivity index (χ2n) is 3.93.